The van der Waals surface area contributed by atoms with E-state index in [-0.39, 0.29) is 12.4 Å². The zero-order valence-electron chi connectivity index (χ0n) is 39.9. The fourth-order valence-corrected chi connectivity index (χ4v) is 8.38. The highest BCUT2D eigenvalue weighted by atomic mass is 16.5. The number of ether oxygens (including phenoxy) is 1. The summed E-state index contributed by atoms with van der Waals surface area (Å²) in [5.41, 5.74) is 12.4. The van der Waals surface area contributed by atoms with E-state index in [0.717, 1.165) is 77.8 Å². The van der Waals surface area contributed by atoms with Crippen LogP contribution in [0.1, 0.15) is 109 Å². The molecule has 0 saturated carbocycles. The summed E-state index contributed by atoms with van der Waals surface area (Å²) in [5, 5.41) is 32.3. The van der Waals surface area contributed by atoms with Crippen molar-refractivity contribution in [1.82, 2.24) is 15.1 Å². The molecule has 66 heavy (non-hydrogen) atoms. The van der Waals surface area contributed by atoms with Crippen LogP contribution in [0.4, 0.5) is 0 Å². The monoisotopic (exact) mass is 890 g/mol. The summed E-state index contributed by atoms with van der Waals surface area (Å²) in [7, 11) is 4.28. The lowest BCUT2D eigenvalue weighted by Gasteiger charge is -2.27. The number of likely N-dealkylation sites (N-methyl/N-ethyl adjacent to an activating group) is 1. The van der Waals surface area contributed by atoms with E-state index in [9.17, 15) is 15.3 Å². The van der Waals surface area contributed by atoms with Gasteiger partial charge in [0.2, 0.25) is 0 Å². The van der Waals surface area contributed by atoms with Crippen LogP contribution in [-0.2, 0) is 24.2 Å². The maximum Gasteiger partial charge on any atom is 0.121 e. The maximum atomic E-state index is 10.2. The molecule has 1 aliphatic heterocycles. The Balaban J connectivity index is 0.000000198. The summed E-state index contributed by atoms with van der Waals surface area (Å²) in [6.07, 6.45) is 20.4. The van der Waals surface area contributed by atoms with Crippen molar-refractivity contribution in [3.63, 3.8) is 0 Å². The highest BCUT2D eigenvalue weighted by Crippen LogP contribution is 2.38. The molecule has 7 nitrogen and oxygen atoms in total. The molecular weight excluding hydrogens is 815 g/mol. The number of likely N-dealkylation sites (tertiary alicyclic amines) is 1. The third kappa shape index (κ3) is 17.5. The zero-order chi connectivity index (χ0) is 46.8. The third-order valence-corrected chi connectivity index (χ3v) is 12.5. The number of nitrogens with one attached hydrogen (secondary N) is 1. The Bertz CT molecular complexity index is 2190. The summed E-state index contributed by atoms with van der Waals surface area (Å²) < 4.78 is 5.72. The number of terminal acetylenes is 1. The van der Waals surface area contributed by atoms with Gasteiger partial charge >= 0.3 is 0 Å². The molecule has 0 spiro atoms. The van der Waals surface area contributed by atoms with E-state index in [4.69, 9.17) is 11.2 Å². The maximum absolute atomic E-state index is 10.2. The highest BCUT2D eigenvalue weighted by Gasteiger charge is 2.21. The van der Waals surface area contributed by atoms with Gasteiger partial charge in [-0.1, -0.05) is 152 Å². The number of aromatic hydroxyl groups is 1. The first-order valence-corrected chi connectivity index (χ1v) is 24.2. The van der Waals surface area contributed by atoms with Crippen molar-refractivity contribution in [2.75, 3.05) is 60.0 Å². The smallest absolute Gasteiger partial charge is 0.121 e. The third-order valence-electron chi connectivity index (χ3n) is 12.5. The number of aliphatic hydroxyl groups is 2. The molecular formula is C59H75N3O4. The summed E-state index contributed by atoms with van der Waals surface area (Å²) in [5.74, 6) is 2.71. The number of benzene rings is 5. The van der Waals surface area contributed by atoms with Gasteiger partial charge in [0.15, 0.2) is 0 Å². The summed E-state index contributed by atoms with van der Waals surface area (Å²) in [4.78, 5) is 4.61. The van der Waals surface area contributed by atoms with Crippen LogP contribution in [0.15, 0.2) is 133 Å². The second kappa shape index (κ2) is 29.4. The predicted octanol–water partition coefficient (Wildman–Crippen LogP) is 11.0. The number of unbranched alkanes of at least 4 members (excludes halogenated alkanes) is 4. The molecule has 0 amide bonds. The van der Waals surface area contributed by atoms with Gasteiger partial charge in [0.1, 0.15) is 5.75 Å². The van der Waals surface area contributed by atoms with E-state index in [1.807, 2.05) is 6.07 Å². The molecule has 1 heterocycles. The van der Waals surface area contributed by atoms with Crippen molar-refractivity contribution in [1.29, 1.82) is 0 Å². The van der Waals surface area contributed by atoms with Crippen LogP contribution < -0.4 is 5.32 Å². The molecule has 0 aromatic heterocycles. The number of hydrogen-bond donors (Lipinski definition) is 4. The molecule has 0 bridgehead atoms. The Morgan fingerprint density at radius 1 is 0.742 bits per heavy atom. The summed E-state index contributed by atoms with van der Waals surface area (Å²) in [6.45, 7) is 8.01. The van der Waals surface area contributed by atoms with Crippen molar-refractivity contribution in [2.24, 2.45) is 0 Å². The molecule has 1 fully saturated rings. The van der Waals surface area contributed by atoms with Crippen molar-refractivity contribution in [2.45, 2.75) is 89.9 Å². The molecule has 2 atom stereocenters. The van der Waals surface area contributed by atoms with Gasteiger partial charge in [-0.2, -0.15) is 0 Å². The standard InChI is InChI=1S/C25H37NO4.C21H21N.C13H17N/c27-20-23-18-22(13-14-24(23)28)25(29)19-26-15-7-1-2-8-16-30-17-9-6-12-21-10-4-3-5-11-21;1-22-14-12-18(13-15-22)21-19-8-4-2-6-16(19)10-11-17-7-3-5-9-20(17)21;1-4-10-14(3)12(2)11-13-8-6-5-7-9-13/h3-5,10-11,13-14,18,25-29H,1-2,6-9,12,15-17,19-20H2;2-11H,12-15H2,1H3;1,5-9,12H,10-11H2,2-3H3/t;;12-/m..1/s1. The Labute approximate surface area is 396 Å². The van der Waals surface area contributed by atoms with Gasteiger partial charge in [0.05, 0.1) is 19.3 Å². The predicted molar refractivity (Wildman–Crippen MR) is 276 cm³/mol. The largest absolute Gasteiger partial charge is 0.508 e. The van der Waals surface area contributed by atoms with E-state index in [1.54, 1.807) is 17.7 Å². The van der Waals surface area contributed by atoms with Crippen molar-refractivity contribution in [3.8, 4) is 18.1 Å². The van der Waals surface area contributed by atoms with Gasteiger partial charge < -0.3 is 30.3 Å². The quantitative estimate of drug-likeness (QED) is 0.0449. The van der Waals surface area contributed by atoms with Crippen LogP contribution in [-0.4, -0.2) is 91.2 Å². The molecule has 350 valence electrons. The Morgan fingerprint density at radius 2 is 1.32 bits per heavy atom. The molecule has 7 heteroatoms. The van der Waals surface area contributed by atoms with Gasteiger partial charge in [0.25, 0.3) is 0 Å². The molecule has 4 N–H and O–H groups in total. The number of piperidine rings is 1. The van der Waals surface area contributed by atoms with E-state index in [1.165, 1.54) is 64.3 Å². The van der Waals surface area contributed by atoms with Gasteiger partial charge in [0, 0.05) is 44.5 Å². The van der Waals surface area contributed by atoms with Crippen molar-refractivity contribution in [3.05, 3.63) is 177 Å². The zero-order valence-corrected chi connectivity index (χ0v) is 39.9. The SMILES string of the molecule is C#CCN(C)[C@H](C)Cc1ccccc1.CN1CCC(=C2c3ccccc3C=Cc3ccccc32)CC1.OCc1cc(C(O)CNCCCCCCOCCCCc2ccccc2)ccc1O. The van der Waals surface area contributed by atoms with Crippen molar-refractivity contribution < 1.29 is 20.1 Å². The molecule has 1 unspecified atom stereocenters. The van der Waals surface area contributed by atoms with Crippen LogP contribution in [0.25, 0.3) is 17.7 Å². The average molecular weight is 890 g/mol. The van der Waals surface area contributed by atoms with Crippen molar-refractivity contribution >= 4 is 17.7 Å². The van der Waals surface area contributed by atoms with Crippen LogP contribution in [0, 0.1) is 12.3 Å². The van der Waals surface area contributed by atoms with Gasteiger partial charge in [-0.25, -0.2) is 0 Å². The van der Waals surface area contributed by atoms with Gasteiger partial charge in [-0.15, -0.1) is 6.42 Å². The Kier molecular flexibility index (Phi) is 23.0. The van der Waals surface area contributed by atoms with Crippen LogP contribution in [0.5, 0.6) is 5.75 Å². The molecule has 1 aliphatic carbocycles. The van der Waals surface area contributed by atoms with E-state index in [0.29, 0.717) is 30.3 Å². The number of hydrogen-bond acceptors (Lipinski definition) is 7. The van der Waals surface area contributed by atoms with Gasteiger partial charge in [-0.05, 0) is 136 Å². The lowest BCUT2D eigenvalue weighted by molar-refractivity contribution is 0.126. The van der Waals surface area contributed by atoms with E-state index < -0.39 is 6.10 Å². The first kappa shape index (κ1) is 51.7. The van der Waals surface area contributed by atoms with E-state index >= 15 is 0 Å². The van der Waals surface area contributed by atoms with Crippen LogP contribution in [0.3, 0.4) is 0 Å². The lowest BCUT2D eigenvalue weighted by atomic mass is 9.86. The Morgan fingerprint density at radius 3 is 1.94 bits per heavy atom. The number of phenols is 1. The fourth-order valence-electron chi connectivity index (χ4n) is 8.38. The fraction of sp³-hybridized carbons (Fsp3) is 0.390. The molecule has 5 aromatic rings. The molecule has 2 aliphatic rings. The number of fused-ring (bicyclic) bond motifs is 2. The molecule has 1 saturated heterocycles. The summed E-state index contributed by atoms with van der Waals surface area (Å²) >= 11 is 0. The second-order valence-corrected chi connectivity index (χ2v) is 17.7. The first-order chi connectivity index (χ1) is 32.3. The minimum atomic E-state index is -0.647. The van der Waals surface area contributed by atoms with Gasteiger partial charge in [-0.3, -0.25) is 4.90 Å². The highest BCUT2D eigenvalue weighted by molar-refractivity contribution is 5.94. The molecule has 5 aromatic carbocycles. The summed E-state index contributed by atoms with van der Waals surface area (Å²) in [6, 6.07) is 44.0. The Hall–Kier alpha value is -5.30. The minimum Gasteiger partial charge on any atom is -0.508 e. The van der Waals surface area contributed by atoms with Crippen LogP contribution in [0.2, 0.25) is 0 Å². The average Bonchev–Trinajstić information content (AvgIpc) is 3.51. The lowest BCUT2D eigenvalue weighted by Crippen LogP contribution is -2.31. The minimum absolute atomic E-state index is 0.0533. The molecule has 7 rings (SSSR count). The molecule has 0 radical (unpaired) electrons. The number of nitrogens with zero attached hydrogens (tertiary/aromatic N) is 2. The topological polar surface area (TPSA) is 88.4 Å². The normalized spacial score (nSPS) is 14.1. The first-order valence-electron chi connectivity index (χ1n) is 24.2. The number of aliphatic hydroxyl groups excluding tert-OH is 2. The van der Waals surface area contributed by atoms with Crippen LogP contribution >= 0.6 is 0 Å². The van der Waals surface area contributed by atoms with E-state index in [2.05, 4.69) is 157 Å². The second-order valence-electron chi connectivity index (χ2n) is 17.7. The number of aryl methyl sites for hydroxylation is 1. The number of rotatable bonds is 20.